The van der Waals surface area contributed by atoms with Gasteiger partial charge in [0.2, 0.25) is 0 Å². The summed E-state index contributed by atoms with van der Waals surface area (Å²) in [5.74, 6) is -1.12. The minimum atomic E-state index is -1.12. The molecular weight excluding hydrogens is 228 g/mol. The topological polar surface area (TPSA) is 79.3 Å². The number of aromatic carboxylic acids is 1. The lowest BCUT2D eigenvalue weighted by Gasteiger charge is -2.16. The molecule has 88 valence electrons. The van der Waals surface area contributed by atoms with Gasteiger partial charge in [-0.2, -0.15) is 0 Å². The molecule has 0 saturated carbocycles. The Hall–Kier alpha value is -1.43. The highest BCUT2D eigenvalue weighted by Crippen LogP contribution is 2.10. The largest absolute Gasteiger partial charge is 0.476 e. The molecule has 1 amide bonds. The molecule has 0 aromatic carbocycles. The fourth-order valence-corrected chi connectivity index (χ4v) is 1.61. The molecule has 1 heterocycles. The quantitative estimate of drug-likeness (QED) is 0.840. The lowest BCUT2D eigenvalue weighted by atomic mass is 10.1. The maximum atomic E-state index is 11.6. The summed E-state index contributed by atoms with van der Waals surface area (Å²) < 4.78 is 0. The van der Waals surface area contributed by atoms with Crippen LogP contribution in [-0.4, -0.2) is 28.0 Å². The second-order valence-electron chi connectivity index (χ2n) is 3.85. The summed E-state index contributed by atoms with van der Waals surface area (Å²) in [6.07, 6.45) is 0. The summed E-state index contributed by atoms with van der Waals surface area (Å²) in [6, 6.07) is 0.0321. The van der Waals surface area contributed by atoms with E-state index < -0.39 is 5.97 Å². The molecule has 0 aliphatic heterocycles. The van der Waals surface area contributed by atoms with Crippen LogP contribution in [0.25, 0.3) is 0 Å². The number of carboxylic acids is 1. The average Bonchev–Trinajstić information content (AvgIpc) is 2.65. The van der Waals surface area contributed by atoms with E-state index in [1.807, 2.05) is 20.8 Å². The van der Waals surface area contributed by atoms with Gasteiger partial charge in [-0.15, -0.1) is 11.3 Å². The second kappa shape index (κ2) is 5.07. The Labute approximate surface area is 97.5 Å². The van der Waals surface area contributed by atoms with Gasteiger partial charge in [0.05, 0.1) is 0 Å². The number of hydrogen-bond acceptors (Lipinski definition) is 4. The molecule has 0 aliphatic carbocycles. The third-order valence-corrected chi connectivity index (χ3v) is 3.12. The van der Waals surface area contributed by atoms with Crippen LogP contribution in [0, 0.1) is 5.92 Å². The van der Waals surface area contributed by atoms with Gasteiger partial charge in [0.1, 0.15) is 0 Å². The monoisotopic (exact) mass is 242 g/mol. The van der Waals surface area contributed by atoms with Crippen molar-refractivity contribution in [3.05, 3.63) is 16.1 Å². The summed E-state index contributed by atoms with van der Waals surface area (Å²) in [6.45, 7) is 5.89. The van der Waals surface area contributed by atoms with Crippen LogP contribution in [0.2, 0.25) is 0 Å². The molecule has 1 aromatic rings. The summed E-state index contributed by atoms with van der Waals surface area (Å²) in [7, 11) is 0. The first-order valence-corrected chi connectivity index (χ1v) is 5.79. The van der Waals surface area contributed by atoms with Crippen molar-refractivity contribution < 1.29 is 14.7 Å². The molecule has 0 radical (unpaired) electrons. The predicted octanol–water partition coefficient (Wildman–Crippen LogP) is 1.62. The van der Waals surface area contributed by atoms with Gasteiger partial charge in [-0.05, 0) is 12.8 Å². The fourth-order valence-electron chi connectivity index (χ4n) is 0.911. The van der Waals surface area contributed by atoms with Gasteiger partial charge < -0.3 is 10.4 Å². The molecule has 1 aromatic heterocycles. The molecule has 0 fully saturated rings. The van der Waals surface area contributed by atoms with Crippen molar-refractivity contribution in [1.29, 1.82) is 0 Å². The number of hydrogen-bond donors (Lipinski definition) is 2. The second-order valence-corrected chi connectivity index (χ2v) is 4.71. The Balaban J connectivity index is 2.70. The summed E-state index contributed by atoms with van der Waals surface area (Å²) in [5, 5.41) is 13.0. The molecular formula is C10H14N2O3S. The van der Waals surface area contributed by atoms with E-state index in [4.69, 9.17) is 5.11 Å². The van der Waals surface area contributed by atoms with Crippen LogP contribution in [0.15, 0.2) is 5.38 Å². The number of amides is 1. The van der Waals surface area contributed by atoms with Gasteiger partial charge in [-0.3, -0.25) is 4.79 Å². The van der Waals surface area contributed by atoms with Crippen molar-refractivity contribution in [2.24, 2.45) is 5.92 Å². The van der Waals surface area contributed by atoms with E-state index in [9.17, 15) is 9.59 Å². The Morgan fingerprint density at radius 2 is 2.06 bits per heavy atom. The molecule has 0 aliphatic rings. The standard InChI is InChI=1S/C10H14N2O3S/c1-5(2)6(3)11-8(13)9-12-7(4-16-9)10(14)15/h4-6H,1-3H3,(H,11,13)(H,14,15). The van der Waals surface area contributed by atoms with Gasteiger partial charge in [0, 0.05) is 11.4 Å². The molecule has 6 heteroatoms. The molecule has 16 heavy (non-hydrogen) atoms. The Morgan fingerprint density at radius 1 is 1.44 bits per heavy atom. The normalized spacial score (nSPS) is 12.5. The molecule has 0 spiro atoms. The first-order chi connectivity index (χ1) is 7.41. The lowest BCUT2D eigenvalue weighted by molar-refractivity contribution is 0.0691. The molecule has 2 N–H and O–H groups in total. The number of aromatic nitrogens is 1. The van der Waals surface area contributed by atoms with Gasteiger partial charge in [-0.25, -0.2) is 9.78 Å². The van der Waals surface area contributed by atoms with Crippen LogP contribution in [0.1, 0.15) is 41.1 Å². The van der Waals surface area contributed by atoms with E-state index in [1.54, 1.807) is 0 Å². The highest BCUT2D eigenvalue weighted by Gasteiger charge is 2.17. The van der Waals surface area contributed by atoms with E-state index in [0.717, 1.165) is 11.3 Å². The number of thiazole rings is 1. The van der Waals surface area contributed by atoms with Crippen molar-refractivity contribution in [1.82, 2.24) is 10.3 Å². The lowest BCUT2D eigenvalue weighted by Crippen LogP contribution is -2.36. The van der Waals surface area contributed by atoms with Crippen LogP contribution in [-0.2, 0) is 0 Å². The summed E-state index contributed by atoms with van der Waals surface area (Å²) >= 11 is 1.04. The van der Waals surface area contributed by atoms with Crippen molar-refractivity contribution in [2.45, 2.75) is 26.8 Å². The van der Waals surface area contributed by atoms with Crippen LogP contribution in [0.5, 0.6) is 0 Å². The van der Waals surface area contributed by atoms with Gasteiger partial charge in [0.15, 0.2) is 10.7 Å². The zero-order valence-electron chi connectivity index (χ0n) is 9.35. The molecule has 1 unspecified atom stereocenters. The van der Waals surface area contributed by atoms with E-state index in [0.29, 0.717) is 5.92 Å². The Bertz CT molecular complexity index is 401. The third-order valence-electron chi connectivity index (χ3n) is 2.28. The first kappa shape index (κ1) is 12.6. The Morgan fingerprint density at radius 3 is 2.50 bits per heavy atom. The van der Waals surface area contributed by atoms with Crippen molar-refractivity contribution in [2.75, 3.05) is 0 Å². The number of nitrogens with zero attached hydrogens (tertiary/aromatic N) is 1. The van der Waals surface area contributed by atoms with Gasteiger partial charge in [-0.1, -0.05) is 13.8 Å². The van der Waals surface area contributed by atoms with Gasteiger partial charge >= 0.3 is 5.97 Å². The minimum Gasteiger partial charge on any atom is -0.476 e. The van der Waals surface area contributed by atoms with Crippen LogP contribution < -0.4 is 5.32 Å². The number of rotatable bonds is 4. The fraction of sp³-hybridized carbons (Fsp3) is 0.500. The van der Waals surface area contributed by atoms with Crippen LogP contribution in [0.3, 0.4) is 0 Å². The Kier molecular flexibility index (Phi) is 4.00. The van der Waals surface area contributed by atoms with E-state index in [-0.39, 0.29) is 22.7 Å². The highest BCUT2D eigenvalue weighted by atomic mass is 32.1. The van der Waals surface area contributed by atoms with Gasteiger partial charge in [0.25, 0.3) is 5.91 Å². The SMILES string of the molecule is CC(C)C(C)NC(=O)c1nc(C(=O)O)cs1. The van der Waals surface area contributed by atoms with Crippen LogP contribution >= 0.6 is 11.3 Å². The smallest absolute Gasteiger partial charge is 0.355 e. The molecule has 0 bridgehead atoms. The summed E-state index contributed by atoms with van der Waals surface area (Å²) in [4.78, 5) is 25.9. The third kappa shape index (κ3) is 3.03. The van der Waals surface area contributed by atoms with E-state index >= 15 is 0 Å². The minimum absolute atomic E-state index is 0.0321. The number of carbonyl (C=O) groups is 2. The molecule has 5 nitrogen and oxygen atoms in total. The molecule has 1 rings (SSSR count). The number of carbonyl (C=O) groups excluding carboxylic acids is 1. The zero-order chi connectivity index (χ0) is 12.3. The average molecular weight is 242 g/mol. The van der Waals surface area contributed by atoms with Crippen molar-refractivity contribution in [3.63, 3.8) is 0 Å². The first-order valence-electron chi connectivity index (χ1n) is 4.91. The van der Waals surface area contributed by atoms with Crippen molar-refractivity contribution >= 4 is 23.2 Å². The van der Waals surface area contributed by atoms with E-state index in [2.05, 4.69) is 10.3 Å². The predicted molar refractivity (Wildman–Crippen MR) is 60.8 cm³/mol. The number of nitrogens with one attached hydrogen (secondary N) is 1. The van der Waals surface area contributed by atoms with Crippen molar-refractivity contribution in [3.8, 4) is 0 Å². The highest BCUT2D eigenvalue weighted by molar-refractivity contribution is 7.11. The number of carboxylic acid groups (broad SMARTS) is 1. The maximum Gasteiger partial charge on any atom is 0.355 e. The van der Waals surface area contributed by atoms with Crippen LogP contribution in [0.4, 0.5) is 0 Å². The molecule has 0 saturated heterocycles. The maximum absolute atomic E-state index is 11.6. The molecule has 1 atom stereocenters. The zero-order valence-corrected chi connectivity index (χ0v) is 10.2. The summed E-state index contributed by atoms with van der Waals surface area (Å²) in [5.41, 5.74) is -0.0904. The van der Waals surface area contributed by atoms with E-state index in [1.165, 1.54) is 5.38 Å².